The van der Waals surface area contributed by atoms with E-state index in [0.717, 1.165) is 60.9 Å². The summed E-state index contributed by atoms with van der Waals surface area (Å²) < 4.78 is 9.19. The number of amidine groups is 1. The van der Waals surface area contributed by atoms with Gasteiger partial charge in [-0.3, -0.25) is 0 Å². The van der Waals surface area contributed by atoms with E-state index >= 15 is 0 Å². The summed E-state index contributed by atoms with van der Waals surface area (Å²) in [6.07, 6.45) is 0. The van der Waals surface area contributed by atoms with Crippen molar-refractivity contribution in [3.8, 4) is 11.1 Å². The van der Waals surface area contributed by atoms with Crippen LogP contribution in [0, 0.1) is 0 Å². The van der Waals surface area contributed by atoms with E-state index in [-0.39, 0.29) is 0 Å². The van der Waals surface area contributed by atoms with Crippen LogP contribution in [0.1, 0.15) is 23.6 Å². The van der Waals surface area contributed by atoms with Crippen molar-refractivity contribution in [3.05, 3.63) is 199 Å². The molecular weight excluding hydrogens is 713 g/mol. The monoisotopic (exact) mass is 746 g/mol. The molecule has 0 radical (unpaired) electrons. The van der Waals surface area contributed by atoms with Gasteiger partial charge in [0.1, 0.15) is 11.2 Å². The second-order valence-corrected chi connectivity index (χ2v) is 15.7. The van der Waals surface area contributed by atoms with E-state index in [9.17, 15) is 0 Å². The number of furan rings is 1. The molecule has 0 N–H and O–H groups in total. The van der Waals surface area contributed by atoms with Crippen molar-refractivity contribution in [3.63, 3.8) is 0 Å². The molecule has 4 heteroatoms. The summed E-state index contributed by atoms with van der Waals surface area (Å²) in [5, 5.41) is 12.0. The van der Waals surface area contributed by atoms with Gasteiger partial charge in [0, 0.05) is 47.8 Å². The maximum Gasteiger partial charge on any atom is 0.160 e. The number of benzene rings is 9. The highest BCUT2D eigenvalue weighted by Gasteiger charge is 2.19. The molecule has 0 aliphatic carbocycles. The van der Waals surface area contributed by atoms with Crippen molar-refractivity contribution >= 4 is 103 Å². The Morgan fingerprint density at radius 3 is 2.00 bits per heavy atom. The van der Waals surface area contributed by atoms with E-state index < -0.39 is 0 Å². The number of thiophene rings is 1. The van der Waals surface area contributed by atoms with E-state index in [0.29, 0.717) is 11.5 Å². The van der Waals surface area contributed by atoms with Gasteiger partial charge in [0.05, 0.1) is 5.70 Å². The normalized spacial score (nSPS) is 12.6. The Morgan fingerprint density at radius 2 is 1.16 bits per heavy atom. The second kappa shape index (κ2) is 13.3. The van der Waals surface area contributed by atoms with E-state index in [1.54, 1.807) is 0 Å². The summed E-state index contributed by atoms with van der Waals surface area (Å²) >= 11 is 1.85. The molecule has 57 heavy (non-hydrogen) atoms. The smallest absolute Gasteiger partial charge is 0.160 e. The highest BCUT2D eigenvalue weighted by Crippen LogP contribution is 2.43. The third-order valence-electron chi connectivity index (χ3n) is 11.2. The van der Waals surface area contributed by atoms with Gasteiger partial charge in [0.2, 0.25) is 0 Å². The number of hydrogen-bond acceptors (Lipinski definition) is 3. The molecule has 0 spiro atoms. The zero-order chi connectivity index (χ0) is 38.0. The second-order valence-electron chi connectivity index (χ2n) is 14.6. The van der Waals surface area contributed by atoms with E-state index in [1.165, 1.54) is 47.1 Å². The van der Waals surface area contributed by atoms with Crippen LogP contribution < -0.4 is 0 Å². The molecule has 11 aromatic rings. The SMILES string of the molecule is C=C(N=C(N=C(C)c1cccc2oc3cccc(-c4ccc5sc6ccc7ccccc7c6c5c4)c3c12)c1ccc2ccc3ccccc3c2c1)c1ccccc1. The van der Waals surface area contributed by atoms with Crippen LogP contribution in [0.2, 0.25) is 0 Å². The van der Waals surface area contributed by atoms with Crippen LogP contribution in [0.5, 0.6) is 0 Å². The van der Waals surface area contributed by atoms with Gasteiger partial charge in [-0.2, -0.15) is 0 Å². The fraction of sp³-hybridized carbons (Fsp3) is 0.0189. The van der Waals surface area contributed by atoms with Gasteiger partial charge in [-0.1, -0.05) is 146 Å². The number of hydrogen-bond donors (Lipinski definition) is 0. The minimum atomic E-state index is 0.600. The first-order valence-electron chi connectivity index (χ1n) is 19.2. The largest absolute Gasteiger partial charge is 0.456 e. The lowest BCUT2D eigenvalue weighted by Gasteiger charge is -2.11. The number of fused-ring (bicyclic) bond motifs is 11. The van der Waals surface area contributed by atoms with Gasteiger partial charge in [0.25, 0.3) is 0 Å². The fourth-order valence-electron chi connectivity index (χ4n) is 8.46. The molecule has 0 unspecified atom stereocenters. The van der Waals surface area contributed by atoms with Crippen LogP contribution in [-0.2, 0) is 0 Å². The van der Waals surface area contributed by atoms with E-state index in [4.69, 9.17) is 14.4 Å². The molecule has 0 saturated carbocycles. The zero-order valence-electron chi connectivity index (χ0n) is 31.2. The molecule has 0 bridgehead atoms. The van der Waals surface area contributed by atoms with E-state index in [2.05, 4.69) is 159 Å². The highest BCUT2D eigenvalue weighted by atomic mass is 32.1. The van der Waals surface area contributed by atoms with Crippen molar-refractivity contribution in [2.45, 2.75) is 6.92 Å². The summed E-state index contributed by atoms with van der Waals surface area (Å²) in [5.41, 5.74) is 8.29. The minimum absolute atomic E-state index is 0.600. The lowest BCUT2D eigenvalue weighted by molar-refractivity contribution is 0.669. The van der Waals surface area contributed by atoms with Crippen LogP contribution in [0.25, 0.3) is 91.3 Å². The Balaban J connectivity index is 1.11. The van der Waals surface area contributed by atoms with Crippen molar-refractivity contribution < 1.29 is 4.42 Å². The molecule has 0 atom stereocenters. The highest BCUT2D eigenvalue weighted by molar-refractivity contribution is 7.26. The first-order chi connectivity index (χ1) is 28.1. The number of rotatable bonds is 5. The fourth-order valence-corrected chi connectivity index (χ4v) is 9.56. The Morgan fingerprint density at radius 1 is 0.491 bits per heavy atom. The average Bonchev–Trinajstić information content (AvgIpc) is 3.85. The quantitative estimate of drug-likeness (QED) is 0.0982. The summed E-state index contributed by atoms with van der Waals surface area (Å²) in [5.74, 6) is 0.600. The third-order valence-corrected chi connectivity index (χ3v) is 12.3. The predicted molar refractivity (Wildman–Crippen MR) is 245 cm³/mol. The summed E-state index contributed by atoms with van der Waals surface area (Å²) in [6, 6.07) is 62.1. The van der Waals surface area contributed by atoms with Crippen molar-refractivity contribution in [1.82, 2.24) is 0 Å². The third kappa shape index (κ3) is 5.56. The first kappa shape index (κ1) is 33.2. The van der Waals surface area contributed by atoms with Gasteiger partial charge < -0.3 is 4.42 Å². The van der Waals surface area contributed by atoms with Crippen LogP contribution >= 0.6 is 11.3 Å². The molecule has 0 aliphatic heterocycles. The molecule has 2 heterocycles. The van der Waals surface area contributed by atoms with Crippen molar-refractivity contribution in [2.24, 2.45) is 9.98 Å². The Bertz CT molecular complexity index is 3490. The molecular formula is C53H34N2OS. The molecule has 2 aromatic heterocycles. The van der Waals surface area contributed by atoms with Gasteiger partial charge in [-0.15, -0.1) is 11.3 Å². The number of nitrogens with zero attached hydrogens (tertiary/aromatic N) is 2. The number of aliphatic imine (C=N–C) groups is 2. The van der Waals surface area contributed by atoms with Gasteiger partial charge in [0.15, 0.2) is 5.84 Å². The molecule has 3 nitrogen and oxygen atoms in total. The van der Waals surface area contributed by atoms with Crippen molar-refractivity contribution in [1.29, 1.82) is 0 Å². The molecule has 0 aliphatic rings. The zero-order valence-corrected chi connectivity index (χ0v) is 32.0. The predicted octanol–water partition coefficient (Wildman–Crippen LogP) is 15.0. The molecule has 11 rings (SSSR count). The standard InChI is InChI=1S/C53H34N2OS/c1-32(34-12-4-3-5-13-34)54-53(39-25-24-37-23-22-35-14-6-8-16-41(35)44(37)31-39)55-33(2)40-18-10-20-46-51(40)52-43(19-11-21-47(52)56-46)38-27-28-48-45(30-38)50-42-17-9-7-15-36(42)26-29-49(50)57-48/h3-31H,1H2,2H3. The summed E-state index contributed by atoms with van der Waals surface area (Å²) in [4.78, 5) is 10.5. The average molecular weight is 747 g/mol. The Labute approximate surface area is 333 Å². The molecule has 9 aromatic carbocycles. The molecule has 0 saturated heterocycles. The van der Waals surface area contributed by atoms with E-state index in [1.807, 2.05) is 41.7 Å². The van der Waals surface area contributed by atoms with Crippen LogP contribution in [0.4, 0.5) is 0 Å². The van der Waals surface area contributed by atoms with Gasteiger partial charge in [-0.05, 0) is 92.3 Å². The maximum absolute atomic E-state index is 6.61. The summed E-state index contributed by atoms with van der Waals surface area (Å²) in [6.45, 7) is 6.46. The molecule has 268 valence electrons. The van der Waals surface area contributed by atoms with Gasteiger partial charge >= 0.3 is 0 Å². The Hall–Kier alpha value is -7.14. The van der Waals surface area contributed by atoms with Crippen LogP contribution in [0.15, 0.2) is 197 Å². The topological polar surface area (TPSA) is 37.9 Å². The van der Waals surface area contributed by atoms with Gasteiger partial charge in [-0.25, -0.2) is 9.98 Å². The molecule has 0 fully saturated rings. The lowest BCUT2D eigenvalue weighted by atomic mass is 9.94. The summed E-state index contributed by atoms with van der Waals surface area (Å²) in [7, 11) is 0. The van der Waals surface area contributed by atoms with Crippen molar-refractivity contribution in [2.75, 3.05) is 0 Å². The maximum atomic E-state index is 6.61. The first-order valence-corrected chi connectivity index (χ1v) is 20.0. The van der Waals surface area contributed by atoms with Crippen LogP contribution in [-0.4, -0.2) is 11.5 Å². The lowest BCUT2D eigenvalue weighted by Crippen LogP contribution is -2.05. The molecule has 0 amide bonds. The van der Waals surface area contributed by atoms with Crippen LogP contribution in [0.3, 0.4) is 0 Å². The Kier molecular flexibility index (Phi) is 7.73. The minimum Gasteiger partial charge on any atom is -0.456 e.